The van der Waals surface area contributed by atoms with Crippen molar-refractivity contribution in [3.8, 4) is 6.07 Å². The van der Waals surface area contributed by atoms with E-state index in [1.54, 1.807) is 0 Å². The van der Waals surface area contributed by atoms with Crippen LogP contribution in [-0.4, -0.2) is 9.38 Å². The van der Waals surface area contributed by atoms with E-state index in [0.29, 0.717) is 5.69 Å². The third-order valence-corrected chi connectivity index (χ3v) is 2.18. The number of halogens is 3. The Labute approximate surface area is 88.8 Å². The van der Waals surface area contributed by atoms with Gasteiger partial charge in [-0.1, -0.05) is 0 Å². The van der Waals surface area contributed by atoms with Crippen molar-refractivity contribution in [2.24, 2.45) is 0 Å². The summed E-state index contributed by atoms with van der Waals surface area (Å²) in [6, 6.07) is 4.14. The number of nitrogens with zero attached hydrogens (tertiary/aromatic N) is 3. The van der Waals surface area contributed by atoms with Crippen LogP contribution < -0.4 is 0 Å². The summed E-state index contributed by atoms with van der Waals surface area (Å²) in [4.78, 5) is 3.70. The molecule has 3 nitrogen and oxygen atoms in total. The number of nitriles is 1. The van der Waals surface area contributed by atoms with Crippen molar-refractivity contribution < 1.29 is 13.2 Å². The lowest BCUT2D eigenvalue weighted by Crippen LogP contribution is -2.07. The molecule has 0 aromatic carbocycles. The van der Waals surface area contributed by atoms with Crippen molar-refractivity contribution in [3.05, 3.63) is 35.8 Å². The van der Waals surface area contributed by atoms with Gasteiger partial charge in [0.25, 0.3) is 0 Å². The first-order valence-corrected chi connectivity index (χ1v) is 4.43. The summed E-state index contributed by atoms with van der Waals surface area (Å²) in [7, 11) is 0. The SMILES string of the molecule is N#CCc1cnc2c(C(F)(F)F)cccn12. The fourth-order valence-electron chi connectivity index (χ4n) is 1.49. The van der Waals surface area contributed by atoms with Crippen LogP contribution in [0.15, 0.2) is 24.5 Å². The lowest BCUT2D eigenvalue weighted by molar-refractivity contribution is -0.136. The second kappa shape index (κ2) is 3.52. The molecule has 0 aliphatic heterocycles. The Balaban J connectivity index is 2.68. The molecular formula is C10H6F3N3. The van der Waals surface area contributed by atoms with Crippen molar-refractivity contribution in [2.75, 3.05) is 0 Å². The van der Waals surface area contributed by atoms with E-state index in [-0.39, 0.29) is 12.1 Å². The maximum Gasteiger partial charge on any atom is 0.419 e. The normalized spacial score (nSPS) is 11.6. The zero-order valence-electron chi connectivity index (χ0n) is 7.99. The van der Waals surface area contributed by atoms with Gasteiger partial charge in [0.05, 0.1) is 29.9 Å². The quantitative estimate of drug-likeness (QED) is 0.747. The largest absolute Gasteiger partial charge is 0.419 e. The van der Waals surface area contributed by atoms with Gasteiger partial charge in [0, 0.05) is 6.20 Å². The molecule has 0 amide bonds. The summed E-state index contributed by atoms with van der Waals surface area (Å²) in [5.74, 6) is 0. The van der Waals surface area contributed by atoms with Gasteiger partial charge in [0.2, 0.25) is 0 Å². The van der Waals surface area contributed by atoms with Crippen LogP contribution >= 0.6 is 0 Å². The van der Waals surface area contributed by atoms with Crippen LogP contribution in [0.2, 0.25) is 0 Å². The van der Waals surface area contributed by atoms with Crippen LogP contribution in [0.3, 0.4) is 0 Å². The molecule has 16 heavy (non-hydrogen) atoms. The molecular weight excluding hydrogens is 219 g/mol. The minimum atomic E-state index is -4.43. The van der Waals surface area contributed by atoms with Gasteiger partial charge in [-0.3, -0.25) is 0 Å². The molecule has 0 bridgehead atoms. The molecule has 0 radical (unpaired) electrons. The van der Waals surface area contributed by atoms with Crippen molar-refractivity contribution in [1.82, 2.24) is 9.38 Å². The number of alkyl halides is 3. The molecule has 0 spiro atoms. The van der Waals surface area contributed by atoms with E-state index in [0.717, 1.165) is 6.07 Å². The van der Waals surface area contributed by atoms with Crippen molar-refractivity contribution in [3.63, 3.8) is 0 Å². The second-order valence-corrected chi connectivity index (χ2v) is 3.20. The molecule has 0 fully saturated rings. The highest BCUT2D eigenvalue weighted by Crippen LogP contribution is 2.31. The third kappa shape index (κ3) is 1.60. The first-order chi connectivity index (χ1) is 7.54. The number of fused-ring (bicyclic) bond motifs is 1. The van der Waals surface area contributed by atoms with Crippen LogP contribution in [-0.2, 0) is 12.6 Å². The van der Waals surface area contributed by atoms with E-state index in [2.05, 4.69) is 4.98 Å². The summed E-state index contributed by atoms with van der Waals surface area (Å²) in [5.41, 5.74) is -0.511. The summed E-state index contributed by atoms with van der Waals surface area (Å²) in [5, 5.41) is 8.51. The fraction of sp³-hybridized carbons (Fsp3) is 0.200. The number of aromatic nitrogens is 2. The van der Waals surface area contributed by atoms with E-state index in [1.165, 1.54) is 22.9 Å². The summed E-state index contributed by atoms with van der Waals surface area (Å²) >= 11 is 0. The molecule has 6 heteroatoms. The molecule has 0 atom stereocenters. The first kappa shape index (κ1) is 10.5. The van der Waals surface area contributed by atoms with Crippen LogP contribution in [0.5, 0.6) is 0 Å². The standard InChI is InChI=1S/C10H6F3N3/c11-10(12,13)8-2-1-5-16-7(3-4-14)6-15-9(8)16/h1-2,5-6H,3H2. The van der Waals surface area contributed by atoms with Crippen LogP contribution in [0, 0.1) is 11.3 Å². The lowest BCUT2D eigenvalue weighted by atomic mass is 10.2. The Hall–Kier alpha value is -2.03. The molecule has 0 aliphatic rings. The molecule has 82 valence electrons. The van der Waals surface area contributed by atoms with Crippen molar-refractivity contribution in [2.45, 2.75) is 12.6 Å². The van der Waals surface area contributed by atoms with Gasteiger partial charge < -0.3 is 4.40 Å². The predicted molar refractivity (Wildman–Crippen MR) is 49.5 cm³/mol. The highest BCUT2D eigenvalue weighted by atomic mass is 19.4. The number of pyridine rings is 1. The zero-order chi connectivity index (χ0) is 11.8. The minimum Gasteiger partial charge on any atom is -0.303 e. The number of hydrogen-bond donors (Lipinski definition) is 0. The average molecular weight is 225 g/mol. The van der Waals surface area contributed by atoms with Crippen LogP contribution in [0.4, 0.5) is 13.2 Å². The van der Waals surface area contributed by atoms with Crippen LogP contribution in [0.25, 0.3) is 5.65 Å². The summed E-state index contributed by atoms with van der Waals surface area (Å²) < 4.78 is 39.1. The van der Waals surface area contributed by atoms with Crippen molar-refractivity contribution >= 4 is 5.65 Å². The van der Waals surface area contributed by atoms with E-state index in [9.17, 15) is 13.2 Å². The summed E-state index contributed by atoms with van der Waals surface area (Å²) in [6.45, 7) is 0. The van der Waals surface area contributed by atoms with Crippen LogP contribution in [0.1, 0.15) is 11.3 Å². The van der Waals surface area contributed by atoms with Gasteiger partial charge in [-0.2, -0.15) is 18.4 Å². The van der Waals surface area contributed by atoms with Gasteiger partial charge in [-0.15, -0.1) is 0 Å². The summed E-state index contributed by atoms with van der Waals surface area (Å²) in [6.07, 6.45) is -1.65. The Kier molecular flexibility index (Phi) is 2.31. The molecule has 0 N–H and O–H groups in total. The minimum absolute atomic E-state index is 0.0302. The molecule has 2 aromatic heterocycles. The van der Waals surface area contributed by atoms with Gasteiger partial charge in [-0.25, -0.2) is 4.98 Å². The molecule has 0 aliphatic carbocycles. The van der Waals surface area contributed by atoms with E-state index < -0.39 is 11.7 Å². The maximum atomic E-state index is 12.6. The fourth-order valence-corrected chi connectivity index (χ4v) is 1.49. The second-order valence-electron chi connectivity index (χ2n) is 3.20. The molecule has 2 aromatic rings. The Bertz CT molecular complexity index is 563. The first-order valence-electron chi connectivity index (χ1n) is 4.43. The Morgan fingerprint density at radius 3 is 2.81 bits per heavy atom. The van der Waals surface area contributed by atoms with E-state index >= 15 is 0 Å². The molecule has 2 heterocycles. The Morgan fingerprint density at radius 2 is 2.19 bits per heavy atom. The topological polar surface area (TPSA) is 41.1 Å². The maximum absolute atomic E-state index is 12.6. The molecule has 2 rings (SSSR count). The lowest BCUT2D eigenvalue weighted by Gasteiger charge is -2.07. The molecule has 0 saturated carbocycles. The number of imidazole rings is 1. The van der Waals surface area contributed by atoms with Gasteiger partial charge in [0.1, 0.15) is 5.65 Å². The van der Waals surface area contributed by atoms with Gasteiger partial charge >= 0.3 is 6.18 Å². The predicted octanol–water partition coefficient (Wildman–Crippen LogP) is 2.42. The smallest absolute Gasteiger partial charge is 0.303 e. The van der Waals surface area contributed by atoms with E-state index in [1.807, 2.05) is 6.07 Å². The number of rotatable bonds is 1. The highest BCUT2D eigenvalue weighted by Gasteiger charge is 2.33. The zero-order valence-corrected chi connectivity index (χ0v) is 7.99. The third-order valence-electron chi connectivity index (χ3n) is 2.18. The Morgan fingerprint density at radius 1 is 1.44 bits per heavy atom. The van der Waals surface area contributed by atoms with Gasteiger partial charge in [0.15, 0.2) is 0 Å². The highest BCUT2D eigenvalue weighted by molar-refractivity contribution is 5.50. The van der Waals surface area contributed by atoms with E-state index in [4.69, 9.17) is 5.26 Å². The van der Waals surface area contributed by atoms with Crippen molar-refractivity contribution in [1.29, 1.82) is 5.26 Å². The molecule has 0 saturated heterocycles. The average Bonchev–Trinajstić information content (AvgIpc) is 2.61. The number of hydrogen-bond acceptors (Lipinski definition) is 2. The monoisotopic (exact) mass is 225 g/mol. The molecule has 0 unspecified atom stereocenters. The van der Waals surface area contributed by atoms with Gasteiger partial charge in [-0.05, 0) is 12.1 Å².